The first-order valence-corrected chi connectivity index (χ1v) is 11.9. The zero-order valence-corrected chi connectivity index (χ0v) is 19.9. The molecule has 0 bridgehead atoms. The minimum atomic E-state index is -4.52. The van der Waals surface area contributed by atoms with E-state index in [2.05, 4.69) is 14.9 Å². The summed E-state index contributed by atoms with van der Waals surface area (Å²) in [7, 11) is 3.95. The number of piperidine rings is 1. The van der Waals surface area contributed by atoms with Gasteiger partial charge in [0.25, 0.3) is 0 Å². The molecule has 5 rings (SSSR count). The molecule has 6 nitrogen and oxygen atoms in total. The highest BCUT2D eigenvalue weighted by molar-refractivity contribution is 5.56. The summed E-state index contributed by atoms with van der Waals surface area (Å²) in [5.74, 6) is 0.562. The molecule has 0 radical (unpaired) electrons. The molecule has 2 aliphatic heterocycles. The van der Waals surface area contributed by atoms with E-state index in [0.717, 1.165) is 37.2 Å². The van der Waals surface area contributed by atoms with E-state index in [0.29, 0.717) is 31.0 Å². The van der Waals surface area contributed by atoms with Gasteiger partial charge >= 0.3 is 6.18 Å². The third-order valence-corrected chi connectivity index (χ3v) is 7.37. The molecule has 0 amide bonds. The maximum absolute atomic E-state index is 14.7. The lowest BCUT2D eigenvalue weighted by molar-refractivity contribution is -0.143. The smallest absolute Gasteiger partial charge is 0.355 e. The Hall–Kier alpha value is -2.65. The summed E-state index contributed by atoms with van der Waals surface area (Å²) in [5.41, 5.74) is 1.82. The minimum absolute atomic E-state index is 0.0389. The maximum atomic E-state index is 14.7. The molecule has 0 saturated carbocycles. The number of aryl methyl sites for hydroxylation is 1. The van der Waals surface area contributed by atoms with Crippen LogP contribution in [0.25, 0.3) is 5.65 Å². The van der Waals surface area contributed by atoms with Crippen LogP contribution in [0.2, 0.25) is 0 Å². The molecular weight excluding hydrogens is 441 g/mol. The number of nitrogens with zero attached hydrogens (tertiary/aromatic N) is 6. The van der Waals surface area contributed by atoms with Gasteiger partial charge in [-0.05, 0) is 64.0 Å². The van der Waals surface area contributed by atoms with Gasteiger partial charge in [-0.3, -0.25) is 14.3 Å². The molecule has 0 aromatic carbocycles. The molecule has 0 aliphatic carbocycles. The molecule has 5 heterocycles. The van der Waals surface area contributed by atoms with E-state index in [9.17, 15) is 13.2 Å². The van der Waals surface area contributed by atoms with Crippen molar-refractivity contribution in [2.24, 2.45) is 0 Å². The predicted molar refractivity (Wildman–Crippen MR) is 126 cm³/mol. The van der Waals surface area contributed by atoms with Gasteiger partial charge in [0.15, 0.2) is 5.69 Å². The Morgan fingerprint density at radius 2 is 1.62 bits per heavy atom. The van der Waals surface area contributed by atoms with Gasteiger partial charge in [-0.2, -0.15) is 13.2 Å². The van der Waals surface area contributed by atoms with Crippen molar-refractivity contribution in [3.8, 4) is 0 Å². The second-order valence-electron chi connectivity index (χ2n) is 9.54. The van der Waals surface area contributed by atoms with Gasteiger partial charge in [0, 0.05) is 32.4 Å². The molecule has 0 unspecified atom stereocenters. The van der Waals surface area contributed by atoms with E-state index in [4.69, 9.17) is 0 Å². The fourth-order valence-electron chi connectivity index (χ4n) is 5.52. The highest BCUT2D eigenvalue weighted by Gasteiger charge is 2.44. The lowest BCUT2D eigenvalue weighted by atomic mass is 9.90. The third-order valence-electron chi connectivity index (χ3n) is 7.37. The second kappa shape index (κ2) is 8.85. The zero-order chi connectivity index (χ0) is 24.0. The van der Waals surface area contributed by atoms with Crippen LogP contribution < -0.4 is 4.90 Å². The molecule has 3 aromatic heterocycles. The lowest BCUT2D eigenvalue weighted by Gasteiger charge is -2.39. The average Bonchev–Trinajstić information content (AvgIpc) is 3.20. The largest absolute Gasteiger partial charge is 0.433 e. The van der Waals surface area contributed by atoms with Gasteiger partial charge < -0.3 is 9.80 Å². The molecule has 0 N–H and O–H groups in total. The maximum Gasteiger partial charge on any atom is 0.433 e. The Labute approximate surface area is 198 Å². The van der Waals surface area contributed by atoms with E-state index < -0.39 is 17.9 Å². The molecule has 34 heavy (non-hydrogen) atoms. The van der Waals surface area contributed by atoms with Crippen LogP contribution in [0.15, 0.2) is 36.5 Å². The van der Waals surface area contributed by atoms with E-state index >= 15 is 0 Å². The van der Waals surface area contributed by atoms with Crippen LogP contribution in [0.5, 0.6) is 0 Å². The van der Waals surface area contributed by atoms with Crippen molar-refractivity contribution >= 4 is 11.5 Å². The molecule has 2 saturated heterocycles. The van der Waals surface area contributed by atoms with Crippen LogP contribution in [0, 0.1) is 6.92 Å². The van der Waals surface area contributed by atoms with Crippen LogP contribution in [-0.2, 0) is 6.18 Å². The topological polar surface area (TPSA) is 39.9 Å². The average molecular weight is 473 g/mol. The molecule has 2 atom stereocenters. The highest BCUT2D eigenvalue weighted by atomic mass is 19.4. The number of hydrogen-bond donors (Lipinski definition) is 0. The number of halogens is 3. The second-order valence-corrected chi connectivity index (χ2v) is 9.54. The van der Waals surface area contributed by atoms with Gasteiger partial charge in [-0.1, -0.05) is 12.1 Å². The fourth-order valence-corrected chi connectivity index (χ4v) is 5.52. The number of fused-ring (bicyclic) bond motifs is 1. The number of piperazine rings is 1. The van der Waals surface area contributed by atoms with Crippen molar-refractivity contribution < 1.29 is 13.2 Å². The standard InChI is InChI=1S/C25H31F3N6/c1-17-7-6-12-29-22(17)18-8-4-9-19(32(18)3)23-24(25(26,27)28)34-20(30-23)10-5-11-21(34)33-15-13-31(2)14-16-33/h5-7,10-12,18-19H,4,8-9,13-16H2,1-3H3/t18-,19+/m0/s1. The summed E-state index contributed by atoms with van der Waals surface area (Å²) in [5, 5.41) is 0. The SMILES string of the molecule is Cc1cccnc1[C@@H]1CCC[C@H](c2nc3cccc(N4CCN(C)CC4)n3c2C(F)(F)F)N1C. The predicted octanol–water partition coefficient (Wildman–Crippen LogP) is 4.71. The third kappa shape index (κ3) is 4.05. The Kier molecular flexibility index (Phi) is 6.02. The summed E-state index contributed by atoms with van der Waals surface area (Å²) < 4.78 is 45.3. The number of hydrogen-bond acceptors (Lipinski definition) is 5. The summed E-state index contributed by atoms with van der Waals surface area (Å²) in [4.78, 5) is 15.5. The van der Waals surface area contributed by atoms with Gasteiger partial charge in [-0.25, -0.2) is 4.98 Å². The van der Waals surface area contributed by atoms with Crippen LogP contribution in [0.4, 0.5) is 19.0 Å². The van der Waals surface area contributed by atoms with E-state index in [1.165, 1.54) is 4.40 Å². The fraction of sp³-hybridized carbons (Fsp3) is 0.520. The van der Waals surface area contributed by atoms with Gasteiger partial charge in [0.1, 0.15) is 11.5 Å². The Balaban J connectivity index is 1.61. The van der Waals surface area contributed by atoms with Crippen molar-refractivity contribution in [1.82, 2.24) is 24.2 Å². The number of pyridine rings is 2. The number of aromatic nitrogens is 3. The molecule has 2 aliphatic rings. The van der Waals surface area contributed by atoms with E-state index in [1.54, 1.807) is 18.3 Å². The Bertz CT molecular complexity index is 1170. The highest BCUT2D eigenvalue weighted by Crippen LogP contribution is 2.45. The van der Waals surface area contributed by atoms with E-state index in [-0.39, 0.29) is 11.7 Å². The molecule has 0 spiro atoms. The molecule has 182 valence electrons. The van der Waals surface area contributed by atoms with Crippen molar-refractivity contribution in [3.05, 3.63) is 59.2 Å². The Morgan fingerprint density at radius 1 is 0.912 bits per heavy atom. The first-order valence-electron chi connectivity index (χ1n) is 11.9. The zero-order valence-electron chi connectivity index (χ0n) is 19.9. The summed E-state index contributed by atoms with van der Waals surface area (Å²) in [6, 6.07) is 8.70. The van der Waals surface area contributed by atoms with Gasteiger partial charge in [0.2, 0.25) is 0 Å². The molecular formula is C25H31F3N6. The summed E-state index contributed by atoms with van der Waals surface area (Å²) in [6.45, 7) is 5.01. The first-order chi connectivity index (χ1) is 16.3. The van der Waals surface area contributed by atoms with Crippen molar-refractivity contribution in [2.45, 2.75) is 44.4 Å². The van der Waals surface area contributed by atoms with Gasteiger partial charge in [0.05, 0.1) is 23.5 Å². The quantitative estimate of drug-likeness (QED) is 0.552. The van der Waals surface area contributed by atoms with E-state index in [1.807, 2.05) is 49.0 Å². The van der Waals surface area contributed by atoms with Crippen molar-refractivity contribution in [1.29, 1.82) is 0 Å². The number of imidazole rings is 1. The van der Waals surface area contributed by atoms with Gasteiger partial charge in [-0.15, -0.1) is 0 Å². The molecule has 2 fully saturated rings. The summed E-state index contributed by atoms with van der Waals surface area (Å²) >= 11 is 0. The van der Waals surface area contributed by atoms with Crippen LogP contribution in [0.3, 0.4) is 0 Å². The Morgan fingerprint density at radius 3 is 2.29 bits per heavy atom. The number of likely N-dealkylation sites (tertiary alicyclic amines) is 1. The number of likely N-dealkylation sites (N-methyl/N-ethyl adjacent to an activating group) is 1. The van der Waals surface area contributed by atoms with Crippen LogP contribution in [-0.4, -0.2) is 64.4 Å². The number of alkyl halides is 3. The van der Waals surface area contributed by atoms with Crippen molar-refractivity contribution in [2.75, 3.05) is 45.2 Å². The van der Waals surface area contributed by atoms with Crippen LogP contribution >= 0.6 is 0 Å². The number of anilines is 1. The molecule has 3 aromatic rings. The summed E-state index contributed by atoms with van der Waals surface area (Å²) in [6.07, 6.45) is -0.436. The van der Waals surface area contributed by atoms with Crippen LogP contribution in [0.1, 0.15) is 54.0 Å². The first kappa shape index (κ1) is 23.1. The minimum Gasteiger partial charge on any atom is -0.355 e. The normalized spacial score (nSPS) is 23.1. The molecule has 9 heteroatoms. The lowest BCUT2D eigenvalue weighted by Crippen LogP contribution is -2.45. The monoisotopic (exact) mass is 472 g/mol. The number of rotatable bonds is 3. The van der Waals surface area contributed by atoms with Crippen molar-refractivity contribution in [3.63, 3.8) is 0 Å².